The van der Waals surface area contributed by atoms with Crippen molar-refractivity contribution in [1.82, 2.24) is 0 Å². The fourth-order valence-corrected chi connectivity index (χ4v) is 7.58. The van der Waals surface area contributed by atoms with E-state index in [2.05, 4.69) is 0 Å². The zero-order chi connectivity index (χ0) is 26.3. The molecule has 5 aliphatic rings. The number of nitrogens with zero attached hydrogens (tertiary/aromatic N) is 2. The molecule has 0 aromatic heterocycles. The molecule has 2 saturated heterocycles. The molecule has 3 fully saturated rings. The first kappa shape index (κ1) is 22.8. The van der Waals surface area contributed by atoms with Gasteiger partial charge in [0.05, 0.1) is 35.0 Å². The predicted octanol–water partition coefficient (Wildman–Crippen LogP) is 4.35. The van der Waals surface area contributed by atoms with Gasteiger partial charge < -0.3 is 0 Å². The molecule has 6 heteroatoms. The molecule has 3 aromatic carbocycles. The van der Waals surface area contributed by atoms with Crippen molar-refractivity contribution in [2.75, 3.05) is 9.80 Å². The molecule has 2 heterocycles. The molecule has 0 spiro atoms. The van der Waals surface area contributed by atoms with Gasteiger partial charge in [0.1, 0.15) is 0 Å². The van der Waals surface area contributed by atoms with Crippen LogP contribution in [0.1, 0.15) is 16.7 Å². The number of carbonyl (C=O) groups is 4. The molecule has 3 aromatic rings. The Morgan fingerprint density at radius 3 is 1.50 bits per heavy atom. The quantitative estimate of drug-likeness (QED) is 0.394. The summed E-state index contributed by atoms with van der Waals surface area (Å²) in [7, 11) is 0. The summed E-state index contributed by atoms with van der Waals surface area (Å²) in [6, 6.07) is 24.1. The molecule has 8 rings (SSSR count). The van der Waals surface area contributed by atoms with E-state index < -0.39 is 35.0 Å². The van der Waals surface area contributed by atoms with Crippen LogP contribution in [0.3, 0.4) is 0 Å². The molecule has 6 nitrogen and oxygen atoms in total. The van der Waals surface area contributed by atoms with Crippen molar-refractivity contribution in [3.63, 3.8) is 0 Å². The highest BCUT2D eigenvalue weighted by atomic mass is 16.2. The maximum absolute atomic E-state index is 14.3. The van der Waals surface area contributed by atoms with Gasteiger partial charge in [0, 0.05) is 11.3 Å². The summed E-state index contributed by atoms with van der Waals surface area (Å²) in [6.07, 6.45) is 3.88. The molecule has 38 heavy (non-hydrogen) atoms. The minimum absolute atomic E-state index is 0.294. The van der Waals surface area contributed by atoms with E-state index >= 15 is 0 Å². The number of hydrogen-bond donors (Lipinski definition) is 0. The van der Waals surface area contributed by atoms with Gasteiger partial charge in [-0.15, -0.1) is 0 Å². The van der Waals surface area contributed by atoms with Crippen molar-refractivity contribution in [2.24, 2.45) is 29.6 Å². The van der Waals surface area contributed by atoms with E-state index in [9.17, 15) is 19.2 Å². The van der Waals surface area contributed by atoms with Crippen LogP contribution in [0.15, 0.2) is 91.0 Å². The van der Waals surface area contributed by atoms with E-state index in [4.69, 9.17) is 0 Å². The number of carbonyl (C=O) groups excluding carboxylic acids is 4. The van der Waals surface area contributed by atoms with Crippen molar-refractivity contribution in [2.45, 2.75) is 19.3 Å². The van der Waals surface area contributed by atoms with Gasteiger partial charge in [-0.1, -0.05) is 78.9 Å². The average Bonchev–Trinajstić information content (AvgIpc) is 3.37. The highest BCUT2D eigenvalue weighted by Gasteiger charge is 2.75. The Labute approximate surface area is 220 Å². The minimum atomic E-state index is -1.11. The van der Waals surface area contributed by atoms with Crippen molar-refractivity contribution in [3.05, 3.63) is 108 Å². The summed E-state index contributed by atoms with van der Waals surface area (Å²) in [5, 5.41) is 0. The van der Waals surface area contributed by atoms with Crippen molar-refractivity contribution < 1.29 is 19.2 Å². The summed E-state index contributed by atoms with van der Waals surface area (Å²) >= 11 is 0. The van der Waals surface area contributed by atoms with E-state index in [0.717, 1.165) is 16.7 Å². The minimum Gasteiger partial charge on any atom is -0.274 e. The van der Waals surface area contributed by atoms with Gasteiger partial charge in [0.25, 0.3) is 0 Å². The third-order valence-electron chi connectivity index (χ3n) is 9.14. The number of allylic oxidation sites excluding steroid dienone is 2. The topological polar surface area (TPSA) is 74.8 Å². The first-order valence-corrected chi connectivity index (χ1v) is 13.0. The molecule has 188 valence electrons. The number of para-hydroxylation sites is 2. The SMILES string of the molecule is Cc1ccccc1N1C(=O)[C@@H]2C3C=CC(c4ccccc4)([C@H]2C1=O)[C@H]1C(=O)N(c2ccccc2C)C(=O)[C@H]31. The lowest BCUT2D eigenvalue weighted by Gasteiger charge is -2.53. The number of hydrogen-bond acceptors (Lipinski definition) is 4. The second-order valence-corrected chi connectivity index (χ2v) is 10.8. The van der Waals surface area contributed by atoms with Crippen LogP contribution in [0, 0.1) is 43.4 Å². The Hall–Kier alpha value is -4.32. The molecule has 1 saturated carbocycles. The van der Waals surface area contributed by atoms with Gasteiger partial charge in [0.15, 0.2) is 0 Å². The van der Waals surface area contributed by atoms with E-state index in [1.54, 1.807) is 12.1 Å². The van der Waals surface area contributed by atoms with Crippen molar-refractivity contribution in [1.29, 1.82) is 0 Å². The Morgan fingerprint density at radius 1 is 0.579 bits per heavy atom. The van der Waals surface area contributed by atoms with Gasteiger partial charge in [-0.25, -0.2) is 9.80 Å². The largest absolute Gasteiger partial charge is 0.274 e. The zero-order valence-corrected chi connectivity index (χ0v) is 21.1. The Morgan fingerprint density at radius 2 is 1.03 bits per heavy atom. The maximum Gasteiger partial charge on any atom is 0.238 e. The monoisotopic (exact) mass is 502 g/mol. The maximum atomic E-state index is 14.3. The van der Waals surface area contributed by atoms with Crippen LogP contribution in [0.2, 0.25) is 0 Å². The number of benzene rings is 3. The van der Waals surface area contributed by atoms with E-state index in [0.29, 0.717) is 11.4 Å². The Bertz CT molecular complexity index is 1490. The number of imide groups is 2. The van der Waals surface area contributed by atoms with Crippen LogP contribution in [-0.4, -0.2) is 23.6 Å². The number of amides is 4. The van der Waals surface area contributed by atoms with Gasteiger partial charge in [-0.05, 0) is 42.7 Å². The predicted molar refractivity (Wildman–Crippen MR) is 142 cm³/mol. The third-order valence-corrected chi connectivity index (χ3v) is 9.14. The number of anilines is 2. The van der Waals surface area contributed by atoms with Gasteiger partial charge in [0.2, 0.25) is 23.6 Å². The van der Waals surface area contributed by atoms with Gasteiger partial charge >= 0.3 is 0 Å². The van der Waals surface area contributed by atoms with Crippen LogP contribution >= 0.6 is 0 Å². The molecule has 2 aliphatic heterocycles. The lowest BCUT2D eigenvalue weighted by atomic mass is 9.45. The first-order valence-electron chi connectivity index (χ1n) is 13.0. The third kappa shape index (κ3) is 2.67. The normalized spacial score (nSPS) is 31.3. The average molecular weight is 503 g/mol. The lowest BCUT2D eigenvalue weighted by Crippen LogP contribution is -2.60. The van der Waals surface area contributed by atoms with Crippen molar-refractivity contribution >= 4 is 35.0 Å². The fourth-order valence-electron chi connectivity index (χ4n) is 7.58. The molecule has 0 unspecified atom stereocenters. The fraction of sp³-hybridized carbons (Fsp3) is 0.250. The number of aryl methyl sites for hydroxylation is 2. The van der Waals surface area contributed by atoms with Crippen LogP contribution in [0.5, 0.6) is 0 Å². The lowest BCUT2D eigenvalue weighted by molar-refractivity contribution is -0.140. The summed E-state index contributed by atoms with van der Waals surface area (Å²) < 4.78 is 0. The van der Waals surface area contributed by atoms with Gasteiger partial charge in [-0.2, -0.15) is 0 Å². The molecule has 0 radical (unpaired) electrons. The van der Waals surface area contributed by atoms with Crippen LogP contribution in [0.4, 0.5) is 11.4 Å². The molecular weight excluding hydrogens is 476 g/mol. The second-order valence-electron chi connectivity index (χ2n) is 10.8. The second kappa shape index (κ2) is 7.84. The molecular formula is C32H26N2O4. The molecule has 2 bridgehead atoms. The highest BCUT2D eigenvalue weighted by molar-refractivity contribution is 6.27. The first-order chi connectivity index (χ1) is 18.4. The van der Waals surface area contributed by atoms with E-state index in [1.807, 2.05) is 92.7 Å². The Balaban J connectivity index is 1.45. The highest BCUT2D eigenvalue weighted by Crippen LogP contribution is 2.65. The van der Waals surface area contributed by atoms with E-state index in [1.165, 1.54) is 9.80 Å². The molecule has 4 atom stereocenters. The van der Waals surface area contributed by atoms with E-state index in [-0.39, 0.29) is 23.6 Å². The van der Waals surface area contributed by atoms with Gasteiger partial charge in [-0.3, -0.25) is 19.2 Å². The van der Waals surface area contributed by atoms with Crippen LogP contribution in [-0.2, 0) is 24.6 Å². The number of rotatable bonds is 3. The smallest absolute Gasteiger partial charge is 0.238 e. The zero-order valence-electron chi connectivity index (χ0n) is 21.1. The summed E-state index contributed by atoms with van der Waals surface area (Å²) in [5.41, 5.74) is 2.42. The summed E-state index contributed by atoms with van der Waals surface area (Å²) in [6.45, 7) is 3.75. The summed E-state index contributed by atoms with van der Waals surface area (Å²) in [5.74, 6) is -4.73. The summed E-state index contributed by atoms with van der Waals surface area (Å²) in [4.78, 5) is 59.5. The van der Waals surface area contributed by atoms with Crippen LogP contribution < -0.4 is 9.80 Å². The van der Waals surface area contributed by atoms with Crippen molar-refractivity contribution in [3.8, 4) is 0 Å². The standard InChI is InChI=1S/C32H26N2O4/c1-18-10-6-8-14-22(18)33-28(35)24-21-16-17-32(26(24)30(33)37,20-12-4-3-5-13-20)27-25(21)29(36)34(31(27)38)23-15-9-7-11-19(23)2/h3-17,21,24-27H,1-2H3/t21?,24-,25-,26-,27-,32?/m1/s1. The van der Waals surface area contributed by atoms with Crippen LogP contribution in [0.25, 0.3) is 0 Å². The molecule has 3 aliphatic carbocycles. The molecule has 0 N–H and O–H groups in total. The Kier molecular flexibility index (Phi) is 4.71. The molecule has 4 amide bonds.